The Balaban J connectivity index is 1.58. The first kappa shape index (κ1) is 18.4. The quantitative estimate of drug-likeness (QED) is 0.863. The number of nitrogens with zero attached hydrogens (tertiary/aromatic N) is 3. The van der Waals surface area contributed by atoms with E-state index >= 15 is 0 Å². The van der Waals surface area contributed by atoms with Gasteiger partial charge in [0.15, 0.2) is 0 Å². The van der Waals surface area contributed by atoms with Crippen LogP contribution in [0.5, 0.6) is 0 Å². The zero-order valence-corrected chi connectivity index (χ0v) is 16.5. The molecular weight excluding hydrogens is 352 g/mol. The molecule has 1 aromatic heterocycles. The number of benzene rings is 1. The summed E-state index contributed by atoms with van der Waals surface area (Å²) in [5.41, 5.74) is 1.94. The average molecular weight is 377 g/mol. The molecule has 7 heteroatoms. The minimum Gasteiger partial charge on any atom is -0.320 e. The SMILES string of the molecule is Cc1ccc(NC(=O)c2nnc(CN3CCSC(C(C)C)C3)s2)cc1. The Morgan fingerprint density at radius 2 is 2.08 bits per heavy atom. The number of aryl methyl sites for hydroxylation is 1. The van der Waals surface area contributed by atoms with Crippen LogP contribution in [0.1, 0.15) is 34.2 Å². The Morgan fingerprint density at radius 1 is 1.32 bits per heavy atom. The van der Waals surface area contributed by atoms with E-state index in [-0.39, 0.29) is 5.91 Å². The lowest BCUT2D eigenvalue weighted by Crippen LogP contribution is -2.39. The minimum absolute atomic E-state index is 0.193. The molecule has 1 aliphatic rings. The van der Waals surface area contributed by atoms with Crippen LogP contribution >= 0.6 is 23.1 Å². The fourth-order valence-electron chi connectivity index (χ4n) is 2.70. The third-order valence-electron chi connectivity index (χ3n) is 4.25. The highest BCUT2D eigenvalue weighted by Gasteiger charge is 2.24. The lowest BCUT2D eigenvalue weighted by molar-refractivity contribution is 0.102. The molecule has 2 aromatic rings. The van der Waals surface area contributed by atoms with Crippen molar-refractivity contribution in [1.29, 1.82) is 0 Å². The molecule has 5 nitrogen and oxygen atoms in total. The van der Waals surface area contributed by atoms with Gasteiger partial charge in [-0.1, -0.05) is 42.9 Å². The molecule has 2 heterocycles. The number of nitrogens with one attached hydrogen (secondary N) is 1. The number of amides is 1. The molecule has 1 N–H and O–H groups in total. The number of thioether (sulfide) groups is 1. The molecule has 1 atom stereocenters. The van der Waals surface area contributed by atoms with E-state index in [9.17, 15) is 4.79 Å². The van der Waals surface area contributed by atoms with Gasteiger partial charge >= 0.3 is 0 Å². The molecule has 0 bridgehead atoms. The van der Waals surface area contributed by atoms with E-state index in [1.54, 1.807) is 0 Å². The van der Waals surface area contributed by atoms with Gasteiger partial charge in [-0.2, -0.15) is 11.8 Å². The third kappa shape index (κ3) is 5.03. The van der Waals surface area contributed by atoms with Crippen molar-refractivity contribution in [2.75, 3.05) is 24.2 Å². The molecule has 134 valence electrons. The summed E-state index contributed by atoms with van der Waals surface area (Å²) in [6.07, 6.45) is 0. The molecule has 1 aliphatic heterocycles. The first-order valence-corrected chi connectivity index (χ1v) is 10.4. The summed E-state index contributed by atoms with van der Waals surface area (Å²) in [6.45, 7) is 9.50. The summed E-state index contributed by atoms with van der Waals surface area (Å²) in [5, 5.41) is 13.2. The summed E-state index contributed by atoms with van der Waals surface area (Å²) in [7, 11) is 0. The van der Waals surface area contributed by atoms with Gasteiger partial charge in [0.25, 0.3) is 5.91 Å². The van der Waals surface area contributed by atoms with Gasteiger partial charge in [0.1, 0.15) is 5.01 Å². The van der Waals surface area contributed by atoms with Crippen molar-refractivity contribution in [1.82, 2.24) is 15.1 Å². The van der Waals surface area contributed by atoms with Gasteiger partial charge in [0, 0.05) is 29.8 Å². The maximum absolute atomic E-state index is 12.3. The van der Waals surface area contributed by atoms with Gasteiger partial charge in [0.05, 0.1) is 6.54 Å². The van der Waals surface area contributed by atoms with E-state index in [4.69, 9.17) is 0 Å². The molecule has 1 saturated heterocycles. The Morgan fingerprint density at radius 3 is 2.80 bits per heavy atom. The number of aromatic nitrogens is 2. The summed E-state index contributed by atoms with van der Waals surface area (Å²) in [6, 6.07) is 7.74. The topological polar surface area (TPSA) is 58.1 Å². The highest BCUT2D eigenvalue weighted by atomic mass is 32.2. The predicted molar refractivity (Wildman–Crippen MR) is 105 cm³/mol. The van der Waals surface area contributed by atoms with Crippen LogP contribution in [0, 0.1) is 12.8 Å². The molecule has 0 aliphatic carbocycles. The van der Waals surface area contributed by atoms with Crippen molar-refractivity contribution in [3.05, 3.63) is 39.8 Å². The Hall–Kier alpha value is -1.44. The molecule has 1 amide bonds. The molecule has 1 unspecified atom stereocenters. The lowest BCUT2D eigenvalue weighted by Gasteiger charge is -2.33. The minimum atomic E-state index is -0.193. The normalized spacial score (nSPS) is 18.5. The van der Waals surface area contributed by atoms with Crippen LogP contribution in [0.15, 0.2) is 24.3 Å². The van der Waals surface area contributed by atoms with Crippen molar-refractivity contribution in [2.45, 2.75) is 32.6 Å². The third-order valence-corrected chi connectivity index (χ3v) is 6.70. The van der Waals surface area contributed by atoms with Crippen LogP contribution in [0.2, 0.25) is 0 Å². The van der Waals surface area contributed by atoms with Gasteiger partial charge in [0.2, 0.25) is 5.01 Å². The Kier molecular flexibility index (Phi) is 6.09. The standard InChI is InChI=1S/C18H24N4OS2/c1-12(2)15-10-22(8-9-24-15)11-16-20-21-18(25-16)17(23)19-14-6-4-13(3)5-7-14/h4-7,12,15H,8-11H2,1-3H3,(H,19,23). The van der Waals surface area contributed by atoms with Crippen LogP contribution in [0.25, 0.3) is 0 Å². The number of anilines is 1. The van der Waals surface area contributed by atoms with E-state index in [1.807, 2.05) is 31.2 Å². The number of hydrogen-bond acceptors (Lipinski definition) is 6. The first-order chi connectivity index (χ1) is 12.0. The number of hydrogen-bond donors (Lipinski definition) is 1. The fourth-order valence-corrected chi connectivity index (χ4v) is 4.85. The highest BCUT2D eigenvalue weighted by Crippen LogP contribution is 2.26. The van der Waals surface area contributed by atoms with Gasteiger partial charge in [-0.3, -0.25) is 9.69 Å². The van der Waals surface area contributed by atoms with Crippen LogP contribution in [0.4, 0.5) is 5.69 Å². The number of carbonyl (C=O) groups excluding carboxylic acids is 1. The largest absolute Gasteiger partial charge is 0.320 e. The van der Waals surface area contributed by atoms with Gasteiger partial charge in [-0.25, -0.2) is 0 Å². The molecule has 1 aromatic carbocycles. The van der Waals surface area contributed by atoms with E-state index in [0.29, 0.717) is 16.2 Å². The van der Waals surface area contributed by atoms with E-state index < -0.39 is 0 Å². The molecule has 3 rings (SSSR count). The van der Waals surface area contributed by atoms with Crippen molar-refractivity contribution in [2.24, 2.45) is 5.92 Å². The average Bonchev–Trinajstić information content (AvgIpc) is 3.06. The molecule has 0 spiro atoms. The van der Waals surface area contributed by atoms with E-state index in [2.05, 4.69) is 46.0 Å². The highest BCUT2D eigenvalue weighted by molar-refractivity contribution is 8.00. The van der Waals surface area contributed by atoms with Crippen molar-refractivity contribution in [3.63, 3.8) is 0 Å². The monoisotopic (exact) mass is 376 g/mol. The van der Waals surface area contributed by atoms with Crippen LogP contribution in [-0.4, -0.2) is 45.1 Å². The lowest BCUT2D eigenvalue weighted by atomic mass is 10.1. The second-order valence-electron chi connectivity index (χ2n) is 6.71. The van der Waals surface area contributed by atoms with Crippen molar-refractivity contribution >= 4 is 34.7 Å². The molecule has 1 fully saturated rings. The summed E-state index contributed by atoms with van der Waals surface area (Å²) < 4.78 is 0. The molecular formula is C18H24N4OS2. The molecule has 25 heavy (non-hydrogen) atoms. The van der Waals surface area contributed by atoms with Crippen LogP contribution in [0.3, 0.4) is 0 Å². The summed E-state index contributed by atoms with van der Waals surface area (Å²) in [4.78, 5) is 14.7. The van der Waals surface area contributed by atoms with E-state index in [0.717, 1.165) is 41.6 Å². The Bertz CT molecular complexity index is 714. The van der Waals surface area contributed by atoms with Crippen LogP contribution in [-0.2, 0) is 6.54 Å². The maximum atomic E-state index is 12.3. The van der Waals surface area contributed by atoms with E-state index in [1.165, 1.54) is 11.3 Å². The second kappa shape index (κ2) is 8.29. The Labute approximate surface area is 157 Å². The van der Waals surface area contributed by atoms with Crippen LogP contribution < -0.4 is 5.32 Å². The summed E-state index contributed by atoms with van der Waals surface area (Å²) in [5.74, 6) is 1.64. The second-order valence-corrected chi connectivity index (χ2v) is 9.12. The van der Waals surface area contributed by atoms with Crippen molar-refractivity contribution in [3.8, 4) is 0 Å². The van der Waals surface area contributed by atoms with Crippen molar-refractivity contribution < 1.29 is 4.79 Å². The summed E-state index contributed by atoms with van der Waals surface area (Å²) >= 11 is 3.44. The zero-order chi connectivity index (χ0) is 17.8. The first-order valence-electron chi connectivity index (χ1n) is 8.55. The van der Waals surface area contributed by atoms with Gasteiger partial charge < -0.3 is 5.32 Å². The smallest absolute Gasteiger partial charge is 0.286 e. The zero-order valence-electron chi connectivity index (χ0n) is 14.9. The maximum Gasteiger partial charge on any atom is 0.286 e. The number of rotatable bonds is 5. The molecule has 0 saturated carbocycles. The fraction of sp³-hybridized carbons (Fsp3) is 0.500. The van der Waals surface area contributed by atoms with Gasteiger partial charge in [-0.05, 0) is 25.0 Å². The molecule has 0 radical (unpaired) electrons. The number of carbonyl (C=O) groups is 1. The van der Waals surface area contributed by atoms with Gasteiger partial charge in [-0.15, -0.1) is 10.2 Å². The predicted octanol–water partition coefficient (Wildman–Crippen LogP) is 3.67.